The van der Waals surface area contributed by atoms with E-state index in [0.717, 1.165) is 5.56 Å². The Balaban J connectivity index is 2.38. The summed E-state index contributed by atoms with van der Waals surface area (Å²) in [6.07, 6.45) is 1.69. The van der Waals surface area contributed by atoms with Crippen molar-refractivity contribution in [3.63, 3.8) is 0 Å². The summed E-state index contributed by atoms with van der Waals surface area (Å²) in [5.74, 6) is -0.0219. The number of hydrogen-bond donors (Lipinski definition) is 2. The predicted molar refractivity (Wildman–Crippen MR) is 84.6 cm³/mol. The Hall–Kier alpha value is -0.920. The molecule has 1 aliphatic heterocycles. The first kappa shape index (κ1) is 14.5. The van der Waals surface area contributed by atoms with Crippen LogP contribution in [0.25, 0.3) is 6.08 Å². The van der Waals surface area contributed by atoms with Crippen LogP contribution in [0.15, 0.2) is 26.8 Å². The van der Waals surface area contributed by atoms with E-state index in [1.807, 2.05) is 6.92 Å². The van der Waals surface area contributed by atoms with Gasteiger partial charge in [-0.25, -0.2) is 0 Å². The van der Waals surface area contributed by atoms with Crippen LogP contribution in [0, 0.1) is 0 Å². The molecule has 1 aromatic rings. The van der Waals surface area contributed by atoms with Crippen LogP contribution in [-0.2, 0) is 4.79 Å². The van der Waals surface area contributed by atoms with E-state index in [1.54, 1.807) is 18.2 Å². The van der Waals surface area contributed by atoms with Crippen molar-refractivity contribution < 1.29 is 9.90 Å². The number of amides is 1. The van der Waals surface area contributed by atoms with Gasteiger partial charge in [-0.3, -0.25) is 9.69 Å². The summed E-state index contributed by atoms with van der Waals surface area (Å²) >= 11 is 11.6. The van der Waals surface area contributed by atoms with Gasteiger partial charge in [0.1, 0.15) is 11.4 Å². The van der Waals surface area contributed by atoms with E-state index >= 15 is 0 Å². The predicted octanol–water partition coefficient (Wildman–Crippen LogP) is 2.99. The Labute approximate surface area is 132 Å². The van der Waals surface area contributed by atoms with Crippen LogP contribution in [0.2, 0.25) is 0 Å². The smallest absolute Gasteiger partial charge is 0.276 e. The Bertz CT molecular complexity index is 578. The van der Waals surface area contributed by atoms with Gasteiger partial charge in [0.25, 0.3) is 5.91 Å². The highest BCUT2D eigenvalue weighted by atomic mass is 79.9. The number of carbonyl (C=O) groups excluding carboxylic acids is 1. The molecule has 1 fully saturated rings. The average Bonchev–Trinajstić information content (AvgIpc) is 2.61. The van der Waals surface area contributed by atoms with Crippen molar-refractivity contribution in [2.75, 3.05) is 6.54 Å². The van der Waals surface area contributed by atoms with Crippen molar-refractivity contribution in [2.45, 2.75) is 6.92 Å². The minimum absolute atomic E-state index is 0.124. The van der Waals surface area contributed by atoms with Crippen molar-refractivity contribution in [3.8, 4) is 5.75 Å². The molecule has 1 aromatic carbocycles. The second-order valence-electron chi connectivity index (χ2n) is 3.87. The van der Waals surface area contributed by atoms with E-state index in [-0.39, 0.29) is 11.7 Å². The van der Waals surface area contributed by atoms with E-state index in [1.165, 1.54) is 4.90 Å². The largest absolute Gasteiger partial charge is 0.506 e. The average molecular weight is 406 g/mol. The van der Waals surface area contributed by atoms with E-state index in [9.17, 15) is 9.90 Å². The molecule has 0 atom stereocenters. The summed E-state index contributed by atoms with van der Waals surface area (Å²) < 4.78 is 1.10. The lowest BCUT2D eigenvalue weighted by Crippen LogP contribution is -2.30. The number of aromatic hydroxyl groups is 1. The number of benzene rings is 1. The highest BCUT2D eigenvalue weighted by molar-refractivity contribution is 9.11. The van der Waals surface area contributed by atoms with Gasteiger partial charge in [-0.15, -0.1) is 0 Å². The molecular weight excluding hydrogens is 396 g/mol. The molecule has 1 saturated heterocycles. The number of rotatable bonds is 2. The zero-order valence-electron chi connectivity index (χ0n) is 9.91. The topological polar surface area (TPSA) is 52.6 Å². The number of nitrogens with one attached hydrogen (secondary N) is 1. The third-order valence-corrected chi connectivity index (χ3v) is 4.16. The third kappa shape index (κ3) is 2.82. The molecule has 0 unspecified atom stereocenters. The molecule has 4 nitrogen and oxygen atoms in total. The Morgan fingerprint density at radius 1 is 1.42 bits per heavy atom. The molecule has 2 rings (SSSR count). The van der Waals surface area contributed by atoms with E-state index in [2.05, 4.69) is 37.2 Å². The lowest BCUT2D eigenvalue weighted by molar-refractivity contribution is -0.122. The number of hydrogen-bond acceptors (Lipinski definition) is 3. The van der Waals surface area contributed by atoms with Gasteiger partial charge in [0.05, 0.1) is 8.95 Å². The number of halogens is 2. The second kappa shape index (κ2) is 5.60. The number of nitrogens with zero attached hydrogens (tertiary/aromatic N) is 1. The molecule has 0 spiro atoms. The highest BCUT2D eigenvalue weighted by Gasteiger charge is 2.29. The number of thiocarbonyl (C=S) groups is 1. The second-order valence-corrected chi connectivity index (χ2v) is 5.97. The molecule has 0 bridgehead atoms. The molecular formula is C12H10Br2N2O2S. The van der Waals surface area contributed by atoms with Gasteiger partial charge >= 0.3 is 0 Å². The van der Waals surface area contributed by atoms with E-state index in [4.69, 9.17) is 12.2 Å². The number of likely N-dealkylation sites (N-methyl/N-ethyl adjacent to an activating group) is 1. The molecule has 7 heteroatoms. The minimum atomic E-state index is -0.146. The van der Waals surface area contributed by atoms with Crippen molar-refractivity contribution in [1.82, 2.24) is 10.2 Å². The first-order chi connectivity index (χ1) is 8.93. The summed E-state index contributed by atoms with van der Waals surface area (Å²) in [5.41, 5.74) is 1.20. The molecule has 0 saturated carbocycles. The van der Waals surface area contributed by atoms with Gasteiger partial charge in [-0.05, 0) is 74.8 Å². The fourth-order valence-corrected chi connectivity index (χ4v) is 3.24. The van der Waals surface area contributed by atoms with E-state index < -0.39 is 0 Å². The first-order valence-corrected chi connectivity index (χ1v) is 7.46. The molecule has 1 heterocycles. The highest BCUT2D eigenvalue weighted by Crippen LogP contribution is 2.34. The maximum atomic E-state index is 12.0. The van der Waals surface area contributed by atoms with Crippen LogP contribution in [0.3, 0.4) is 0 Å². The van der Waals surface area contributed by atoms with Gasteiger partial charge in [-0.2, -0.15) is 0 Å². The minimum Gasteiger partial charge on any atom is -0.506 e. The lowest BCUT2D eigenvalue weighted by Gasteiger charge is -2.08. The summed E-state index contributed by atoms with van der Waals surface area (Å²) in [5, 5.41) is 12.9. The van der Waals surface area contributed by atoms with Crippen LogP contribution < -0.4 is 5.32 Å². The molecule has 0 aromatic heterocycles. The van der Waals surface area contributed by atoms with Crippen LogP contribution >= 0.6 is 44.1 Å². The molecule has 0 aliphatic carbocycles. The summed E-state index contributed by atoms with van der Waals surface area (Å²) in [7, 11) is 0. The summed E-state index contributed by atoms with van der Waals surface area (Å²) in [6.45, 7) is 2.40. The summed E-state index contributed by atoms with van der Waals surface area (Å²) in [6, 6.07) is 3.44. The SMILES string of the molecule is CCN1C(=O)C(=Cc2cc(Br)c(O)c(Br)c2)NC1=S. The Morgan fingerprint density at radius 2 is 2.00 bits per heavy atom. The molecule has 0 radical (unpaired) electrons. The molecule has 1 amide bonds. The van der Waals surface area contributed by atoms with Gasteiger partial charge in [0.15, 0.2) is 5.11 Å². The van der Waals surface area contributed by atoms with Crippen LogP contribution in [0.5, 0.6) is 5.75 Å². The quantitative estimate of drug-likeness (QED) is 0.586. The van der Waals surface area contributed by atoms with Crippen LogP contribution in [0.4, 0.5) is 0 Å². The summed E-state index contributed by atoms with van der Waals surface area (Å²) in [4.78, 5) is 13.5. The first-order valence-electron chi connectivity index (χ1n) is 5.46. The number of phenols is 1. The number of phenolic OH excluding ortho intramolecular Hbond substituents is 1. The van der Waals surface area contributed by atoms with Crippen molar-refractivity contribution in [3.05, 3.63) is 32.3 Å². The monoisotopic (exact) mass is 404 g/mol. The zero-order valence-corrected chi connectivity index (χ0v) is 13.9. The Kier molecular flexibility index (Phi) is 4.27. The van der Waals surface area contributed by atoms with Gasteiger partial charge in [-0.1, -0.05) is 0 Å². The maximum Gasteiger partial charge on any atom is 0.276 e. The zero-order chi connectivity index (χ0) is 14.2. The normalized spacial score (nSPS) is 17.2. The molecule has 2 N–H and O–H groups in total. The molecule has 100 valence electrons. The van der Waals surface area contributed by atoms with Crippen molar-refractivity contribution in [1.29, 1.82) is 0 Å². The van der Waals surface area contributed by atoms with Gasteiger partial charge < -0.3 is 10.4 Å². The maximum absolute atomic E-state index is 12.0. The van der Waals surface area contributed by atoms with Gasteiger partial charge in [0, 0.05) is 6.54 Å². The van der Waals surface area contributed by atoms with E-state index in [0.29, 0.717) is 26.3 Å². The number of carbonyl (C=O) groups is 1. The fourth-order valence-electron chi connectivity index (χ4n) is 1.69. The molecule has 19 heavy (non-hydrogen) atoms. The lowest BCUT2D eigenvalue weighted by atomic mass is 10.2. The van der Waals surface area contributed by atoms with Crippen LogP contribution in [-0.4, -0.2) is 27.6 Å². The molecule has 1 aliphatic rings. The third-order valence-electron chi connectivity index (χ3n) is 2.63. The Morgan fingerprint density at radius 3 is 2.47 bits per heavy atom. The fraction of sp³-hybridized carbons (Fsp3) is 0.167. The standard InChI is InChI=1S/C12H10Br2N2O2S/c1-2-16-11(18)9(15-12(16)19)5-6-3-7(13)10(17)8(14)4-6/h3-5,17H,2H2,1H3,(H,15,19). The van der Waals surface area contributed by atoms with Gasteiger partial charge in [0.2, 0.25) is 0 Å². The van der Waals surface area contributed by atoms with Crippen molar-refractivity contribution in [2.24, 2.45) is 0 Å². The van der Waals surface area contributed by atoms with Crippen molar-refractivity contribution >= 4 is 61.2 Å². The van der Waals surface area contributed by atoms with Crippen LogP contribution in [0.1, 0.15) is 12.5 Å².